The minimum atomic E-state index is 0.886. The molecule has 1 radical (unpaired) electrons. The Morgan fingerprint density at radius 3 is 2.60 bits per heavy atom. The zero-order chi connectivity index (χ0) is 10.3. The normalized spacial score (nSPS) is 12.3. The zero-order valence-electron chi connectivity index (χ0n) is 8.66. The van der Waals surface area contributed by atoms with Crippen LogP contribution in [0.3, 0.4) is 0 Å². The fourth-order valence-electron chi connectivity index (χ4n) is 2.46. The fraction of sp³-hybridized carbons (Fsp3) is 0.133. The van der Waals surface area contributed by atoms with Crippen LogP contribution in [-0.2, 0) is 12.8 Å². The molecule has 15 heavy (non-hydrogen) atoms. The summed E-state index contributed by atoms with van der Waals surface area (Å²) in [7, 11) is 0. The molecule has 0 amide bonds. The van der Waals surface area contributed by atoms with Crippen LogP contribution in [-0.4, -0.2) is 0 Å². The number of fused-ring (bicyclic) bond motifs is 3. The maximum atomic E-state index is 4.00. The van der Waals surface area contributed by atoms with E-state index in [9.17, 15) is 0 Å². The molecule has 0 N–H and O–H groups in total. The van der Waals surface area contributed by atoms with Gasteiger partial charge in [0.25, 0.3) is 0 Å². The lowest BCUT2D eigenvalue weighted by molar-refractivity contribution is 1.16. The maximum absolute atomic E-state index is 4.00. The summed E-state index contributed by atoms with van der Waals surface area (Å²) < 4.78 is 0. The van der Waals surface area contributed by atoms with Crippen molar-refractivity contribution < 1.29 is 0 Å². The highest BCUT2D eigenvalue weighted by Gasteiger charge is 2.19. The monoisotopic (exact) mass is 193 g/mol. The third-order valence-electron chi connectivity index (χ3n) is 3.22. The van der Waals surface area contributed by atoms with Gasteiger partial charge in [-0.3, -0.25) is 0 Å². The summed E-state index contributed by atoms with van der Waals surface area (Å²) in [6.45, 7) is 4.00. The van der Waals surface area contributed by atoms with Gasteiger partial charge in [-0.25, -0.2) is 0 Å². The molecule has 1 aliphatic rings. The largest absolute Gasteiger partial charge is 0.0619 e. The first-order valence-electron chi connectivity index (χ1n) is 5.38. The summed E-state index contributed by atoms with van der Waals surface area (Å²) in [5.41, 5.74) is 7.14. The van der Waals surface area contributed by atoms with E-state index in [0.29, 0.717) is 0 Å². The third kappa shape index (κ3) is 1.21. The summed E-state index contributed by atoms with van der Waals surface area (Å²) in [4.78, 5) is 0. The highest BCUT2D eigenvalue weighted by atomic mass is 14.2. The molecule has 0 aliphatic heterocycles. The van der Waals surface area contributed by atoms with E-state index in [2.05, 4.69) is 49.4 Å². The molecule has 0 aromatic heterocycles. The Bertz CT molecular complexity index is 509. The molecule has 0 bridgehead atoms. The molecular weight excluding hydrogens is 180 g/mol. The second kappa shape index (κ2) is 3.23. The Labute approximate surface area is 90.6 Å². The molecule has 0 nitrogen and oxygen atoms in total. The molecule has 0 heteroatoms. The molecule has 0 atom stereocenters. The van der Waals surface area contributed by atoms with Crippen LogP contribution in [0.15, 0.2) is 42.5 Å². The van der Waals surface area contributed by atoms with Gasteiger partial charge in [0.15, 0.2) is 0 Å². The van der Waals surface area contributed by atoms with Crippen molar-refractivity contribution in [2.75, 3.05) is 0 Å². The number of benzene rings is 2. The van der Waals surface area contributed by atoms with Crippen molar-refractivity contribution in [2.24, 2.45) is 0 Å². The van der Waals surface area contributed by atoms with Gasteiger partial charge in [-0.2, -0.15) is 0 Å². The lowest BCUT2D eigenvalue weighted by Gasteiger charge is -2.05. The molecule has 2 aromatic carbocycles. The van der Waals surface area contributed by atoms with Crippen LogP contribution in [0.1, 0.15) is 16.7 Å². The highest BCUT2D eigenvalue weighted by molar-refractivity contribution is 5.77. The topological polar surface area (TPSA) is 0 Å². The highest BCUT2D eigenvalue weighted by Crippen LogP contribution is 2.37. The Balaban J connectivity index is 2.26. The second-order valence-electron chi connectivity index (χ2n) is 4.03. The number of hydrogen-bond acceptors (Lipinski definition) is 0. The lowest BCUT2D eigenvalue weighted by atomic mass is 10.00. The summed E-state index contributed by atoms with van der Waals surface area (Å²) in [5.74, 6) is 0. The van der Waals surface area contributed by atoms with Crippen LogP contribution in [0, 0.1) is 6.92 Å². The van der Waals surface area contributed by atoms with Gasteiger partial charge in [0, 0.05) is 0 Å². The Morgan fingerprint density at radius 1 is 0.933 bits per heavy atom. The van der Waals surface area contributed by atoms with Gasteiger partial charge in [-0.05, 0) is 47.6 Å². The molecule has 0 heterocycles. The van der Waals surface area contributed by atoms with Crippen molar-refractivity contribution in [1.29, 1.82) is 0 Å². The van der Waals surface area contributed by atoms with Gasteiger partial charge in [-0.1, -0.05) is 42.5 Å². The molecule has 0 spiro atoms. The van der Waals surface area contributed by atoms with Gasteiger partial charge in [0.1, 0.15) is 0 Å². The van der Waals surface area contributed by atoms with Crippen molar-refractivity contribution in [3.8, 4) is 11.1 Å². The van der Waals surface area contributed by atoms with E-state index in [4.69, 9.17) is 0 Å². The van der Waals surface area contributed by atoms with Crippen molar-refractivity contribution >= 4 is 0 Å². The Morgan fingerprint density at radius 2 is 1.73 bits per heavy atom. The molecule has 0 unspecified atom stereocenters. The molecule has 73 valence electrons. The van der Waals surface area contributed by atoms with E-state index in [1.807, 2.05) is 0 Å². The molecule has 1 aliphatic carbocycles. The average molecular weight is 193 g/mol. The summed E-state index contributed by atoms with van der Waals surface area (Å²) in [6, 6.07) is 15.2. The quantitative estimate of drug-likeness (QED) is 0.553. The lowest BCUT2D eigenvalue weighted by Crippen LogP contribution is -1.89. The predicted molar refractivity (Wildman–Crippen MR) is 63.7 cm³/mol. The zero-order valence-corrected chi connectivity index (χ0v) is 8.66. The van der Waals surface area contributed by atoms with Crippen molar-refractivity contribution in [3.05, 3.63) is 66.1 Å². The van der Waals surface area contributed by atoms with Gasteiger partial charge >= 0.3 is 0 Å². The van der Waals surface area contributed by atoms with Gasteiger partial charge in [0.05, 0.1) is 0 Å². The van der Waals surface area contributed by atoms with Crippen molar-refractivity contribution in [1.82, 2.24) is 0 Å². The van der Waals surface area contributed by atoms with Crippen LogP contribution >= 0.6 is 0 Å². The fourth-order valence-corrected chi connectivity index (χ4v) is 2.46. The second-order valence-corrected chi connectivity index (χ2v) is 4.03. The summed E-state index contributed by atoms with van der Waals surface area (Å²) >= 11 is 0. The Kier molecular flexibility index (Phi) is 1.88. The third-order valence-corrected chi connectivity index (χ3v) is 3.22. The standard InChI is InChI=1S/C15H13/c1-2-11-7-5-9-14-13-8-4-3-6-12(13)10-15(11)14/h3-9H,1-2,10H2. The van der Waals surface area contributed by atoms with Crippen LogP contribution < -0.4 is 0 Å². The van der Waals surface area contributed by atoms with Gasteiger partial charge in [0.2, 0.25) is 0 Å². The first-order valence-corrected chi connectivity index (χ1v) is 5.38. The Hall–Kier alpha value is -1.56. The molecule has 0 saturated heterocycles. The SMILES string of the molecule is [CH2]Cc1cccc2c1Cc1ccccc1-2. The summed E-state index contributed by atoms with van der Waals surface area (Å²) in [5, 5.41) is 0. The first kappa shape index (κ1) is 8.72. The first-order chi connectivity index (χ1) is 7.40. The van der Waals surface area contributed by atoms with Gasteiger partial charge < -0.3 is 0 Å². The van der Waals surface area contributed by atoms with E-state index in [1.54, 1.807) is 0 Å². The number of rotatable bonds is 1. The van der Waals surface area contributed by atoms with Crippen LogP contribution in [0.25, 0.3) is 11.1 Å². The molecule has 3 rings (SSSR count). The number of hydrogen-bond donors (Lipinski definition) is 0. The molecule has 0 fully saturated rings. The van der Waals surface area contributed by atoms with E-state index in [-0.39, 0.29) is 0 Å². The van der Waals surface area contributed by atoms with Crippen molar-refractivity contribution in [2.45, 2.75) is 12.8 Å². The minimum Gasteiger partial charge on any atom is -0.0619 e. The summed E-state index contributed by atoms with van der Waals surface area (Å²) in [6.07, 6.45) is 1.97. The van der Waals surface area contributed by atoms with E-state index in [0.717, 1.165) is 12.8 Å². The smallest absolute Gasteiger partial charge is 0.00107 e. The van der Waals surface area contributed by atoms with E-state index < -0.39 is 0 Å². The molecule has 2 aromatic rings. The maximum Gasteiger partial charge on any atom is -0.00107 e. The van der Waals surface area contributed by atoms with Gasteiger partial charge in [-0.15, -0.1) is 0 Å². The van der Waals surface area contributed by atoms with Crippen molar-refractivity contribution in [3.63, 3.8) is 0 Å². The van der Waals surface area contributed by atoms with Crippen LogP contribution in [0.2, 0.25) is 0 Å². The minimum absolute atomic E-state index is 0.886. The van der Waals surface area contributed by atoms with Crippen LogP contribution in [0.4, 0.5) is 0 Å². The van der Waals surface area contributed by atoms with E-state index >= 15 is 0 Å². The molecule has 0 saturated carbocycles. The predicted octanol–water partition coefficient (Wildman–Crippen LogP) is 3.63. The van der Waals surface area contributed by atoms with E-state index in [1.165, 1.54) is 27.8 Å². The van der Waals surface area contributed by atoms with Crippen LogP contribution in [0.5, 0.6) is 0 Å². The molecular formula is C15H13. The average Bonchev–Trinajstić information content (AvgIpc) is 2.67.